The molecule has 0 aliphatic carbocycles. The molecule has 0 amide bonds. The molecule has 0 fully saturated rings. The van der Waals surface area contributed by atoms with Gasteiger partial charge in [0, 0.05) is 5.56 Å². The zero-order chi connectivity index (χ0) is 28.0. The Morgan fingerprint density at radius 1 is 0.875 bits per heavy atom. The molecule has 6 rings (SSSR count). The smallest absolute Gasteiger partial charge is 0.266 e. The van der Waals surface area contributed by atoms with Gasteiger partial charge in [-0.05, 0) is 55.3 Å². The van der Waals surface area contributed by atoms with Gasteiger partial charge in [-0.25, -0.2) is 19.6 Å². The second-order valence-electron chi connectivity index (χ2n) is 9.46. The van der Waals surface area contributed by atoms with Crippen LogP contribution in [-0.4, -0.2) is 43.5 Å². The Bertz CT molecular complexity index is 1980. The highest BCUT2D eigenvalue weighted by Gasteiger charge is 2.22. The van der Waals surface area contributed by atoms with Crippen molar-refractivity contribution in [2.24, 2.45) is 0 Å². The maximum absolute atomic E-state index is 14.0. The third-order valence-electron chi connectivity index (χ3n) is 7.04. The minimum atomic E-state index is -0.141. The highest BCUT2D eigenvalue weighted by Crippen LogP contribution is 2.36. The highest BCUT2D eigenvalue weighted by molar-refractivity contribution is 5.98. The maximum Gasteiger partial charge on any atom is 0.266 e. The predicted molar refractivity (Wildman–Crippen MR) is 154 cm³/mol. The number of benzene rings is 3. The fourth-order valence-electron chi connectivity index (χ4n) is 5.07. The third kappa shape index (κ3) is 4.01. The summed E-state index contributed by atoms with van der Waals surface area (Å²) in [4.78, 5) is 27.7. The van der Waals surface area contributed by atoms with E-state index < -0.39 is 0 Å². The van der Waals surface area contributed by atoms with Crippen LogP contribution in [0.5, 0.6) is 11.5 Å². The summed E-state index contributed by atoms with van der Waals surface area (Å²) in [6, 6.07) is 18.9. The van der Waals surface area contributed by atoms with Gasteiger partial charge in [0.2, 0.25) is 0 Å². The van der Waals surface area contributed by atoms with Gasteiger partial charge < -0.3 is 15.2 Å². The quantitative estimate of drug-likeness (QED) is 0.333. The summed E-state index contributed by atoms with van der Waals surface area (Å²) in [5.41, 5.74) is 11.3. The van der Waals surface area contributed by atoms with Crippen LogP contribution in [0.2, 0.25) is 0 Å². The molecule has 6 aromatic rings. The lowest BCUT2D eigenvalue weighted by molar-refractivity contribution is 0.355. The molecule has 0 bridgehead atoms. The van der Waals surface area contributed by atoms with E-state index in [9.17, 15) is 4.79 Å². The average Bonchev–Trinajstić information content (AvgIpc) is 3.33. The van der Waals surface area contributed by atoms with Gasteiger partial charge in [-0.15, -0.1) is 0 Å². The SMILES string of the molecule is COc1ccc(-c2nn(Cc3nc4cccc(C)c4c(=O)n3-c3ccccc3C)c3ncnc(N)c23)cc1OC. The maximum atomic E-state index is 14.0. The van der Waals surface area contributed by atoms with Crippen LogP contribution in [0.1, 0.15) is 17.0 Å². The minimum Gasteiger partial charge on any atom is -0.493 e. The zero-order valence-electron chi connectivity index (χ0n) is 22.5. The van der Waals surface area contributed by atoms with Crippen LogP contribution in [-0.2, 0) is 6.54 Å². The van der Waals surface area contributed by atoms with Crippen LogP contribution in [0, 0.1) is 13.8 Å². The number of nitrogen functional groups attached to an aromatic ring is 1. The standard InChI is InChI=1S/C30H27N7O3/c1-17-8-5-6-11-21(17)37-24(34-20-10-7-9-18(2)25(20)30(37)38)15-36-29-26(28(31)32-16-33-29)27(35-36)19-12-13-22(39-3)23(14-19)40-4/h5-14,16H,15H2,1-4H3,(H2,31,32,33). The molecule has 3 heterocycles. The van der Waals surface area contributed by atoms with E-state index in [0.717, 1.165) is 22.4 Å². The molecule has 0 aliphatic heterocycles. The van der Waals surface area contributed by atoms with Crippen molar-refractivity contribution in [3.05, 3.63) is 94.3 Å². The third-order valence-corrected chi connectivity index (χ3v) is 7.04. The van der Waals surface area contributed by atoms with E-state index in [1.807, 2.05) is 74.5 Å². The fourth-order valence-corrected chi connectivity index (χ4v) is 5.07. The lowest BCUT2D eigenvalue weighted by Crippen LogP contribution is -2.26. The van der Waals surface area contributed by atoms with E-state index in [-0.39, 0.29) is 12.1 Å². The molecular weight excluding hydrogens is 506 g/mol. The van der Waals surface area contributed by atoms with Crippen LogP contribution in [0.15, 0.2) is 71.8 Å². The molecule has 0 radical (unpaired) electrons. The Morgan fingerprint density at radius 3 is 2.42 bits per heavy atom. The number of nitrogens with zero attached hydrogens (tertiary/aromatic N) is 6. The fraction of sp³-hybridized carbons (Fsp3) is 0.167. The van der Waals surface area contributed by atoms with E-state index in [1.165, 1.54) is 6.33 Å². The Balaban J connectivity index is 1.60. The number of rotatable bonds is 6. The number of methoxy groups -OCH3 is 2. The molecule has 3 aromatic carbocycles. The number of ether oxygens (including phenoxy) is 2. The Morgan fingerprint density at radius 2 is 1.65 bits per heavy atom. The average molecular weight is 534 g/mol. The van der Waals surface area contributed by atoms with Crippen molar-refractivity contribution in [2.75, 3.05) is 20.0 Å². The number of hydrogen-bond acceptors (Lipinski definition) is 8. The van der Waals surface area contributed by atoms with Crippen molar-refractivity contribution in [1.29, 1.82) is 0 Å². The second-order valence-corrected chi connectivity index (χ2v) is 9.46. The molecule has 0 saturated heterocycles. The summed E-state index contributed by atoms with van der Waals surface area (Å²) in [5.74, 6) is 1.95. The lowest BCUT2D eigenvalue weighted by Gasteiger charge is -2.16. The molecule has 0 spiro atoms. The molecule has 0 saturated carbocycles. The van der Waals surface area contributed by atoms with Crippen molar-refractivity contribution in [3.8, 4) is 28.4 Å². The molecule has 40 heavy (non-hydrogen) atoms. The number of para-hydroxylation sites is 1. The summed E-state index contributed by atoms with van der Waals surface area (Å²) in [6.07, 6.45) is 1.40. The Kier molecular flexibility index (Phi) is 6.14. The van der Waals surface area contributed by atoms with Gasteiger partial charge >= 0.3 is 0 Å². The number of nitrogens with two attached hydrogens (primary N) is 1. The van der Waals surface area contributed by atoms with Crippen LogP contribution in [0.25, 0.3) is 38.9 Å². The molecule has 3 aromatic heterocycles. The van der Waals surface area contributed by atoms with Crippen LogP contribution >= 0.6 is 0 Å². The zero-order valence-corrected chi connectivity index (χ0v) is 22.5. The number of anilines is 1. The minimum absolute atomic E-state index is 0.141. The van der Waals surface area contributed by atoms with E-state index in [0.29, 0.717) is 50.8 Å². The Hall–Kier alpha value is -5.25. The molecule has 0 aliphatic rings. The van der Waals surface area contributed by atoms with E-state index in [1.54, 1.807) is 23.5 Å². The summed E-state index contributed by atoms with van der Waals surface area (Å²) in [5, 5.41) is 6.09. The van der Waals surface area contributed by atoms with Crippen molar-refractivity contribution in [3.63, 3.8) is 0 Å². The molecule has 2 N–H and O–H groups in total. The first-order chi connectivity index (χ1) is 19.4. The highest BCUT2D eigenvalue weighted by atomic mass is 16.5. The van der Waals surface area contributed by atoms with Crippen LogP contribution < -0.4 is 20.8 Å². The first kappa shape index (κ1) is 25.1. The van der Waals surface area contributed by atoms with Gasteiger partial charge in [-0.1, -0.05) is 30.3 Å². The number of hydrogen-bond donors (Lipinski definition) is 1. The van der Waals surface area contributed by atoms with Gasteiger partial charge in [0.15, 0.2) is 17.1 Å². The predicted octanol–water partition coefficient (Wildman–Crippen LogP) is 4.46. The van der Waals surface area contributed by atoms with Crippen LogP contribution in [0.3, 0.4) is 0 Å². The molecule has 0 unspecified atom stereocenters. The van der Waals surface area contributed by atoms with Gasteiger partial charge in [0.25, 0.3) is 5.56 Å². The lowest BCUT2D eigenvalue weighted by atomic mass is 10.1. The van der Waals surface area contributed by atoms with Crippen LogP contribution in [0.4, 0.5) is 5.82 Å². The number of aromatic nitrogens is 6. The van der Waals surface area contributed by atoms with E-state index >= 15 is 0 Å². The van der Waals surface area contributed by atoms with E-state index in [4.69, 9.17) is 25.3 Å². The van der Waals surface area contributed by atoms with Gasteiger partial charge in [-0.3, -0.25) is 9.36 Å². The summed E-state index contributed by atoms with van der Waals surface area (Å²) >= 11 is 0. The van der Waals surface area contributed by atoms with E-state index in [2.05, 4.69) is 9.97 Å². The van der Waals surface area contributed by atoms with Crippen molar-refractivity contribution in [1.82, 2.24) is 29.3 Å². The molecule has 0 atom stereocenters. The topological polar surface area (TPSA) is 123 Å². The van der Waals surface area contributed by atoms with Crippen molar-refractivity contribution < 1.29 is 9.47 Å². The second kappa shape index (κ2) is 9.81. The number of fused-ring (bicyclic) bond motifs is 2. The van der Waals surface area contributed by atoms with Crippen molar-refractivity contribution in [2.45, 2.75) is 20.4 Å². The van der Waals surface area contributed by atoms with Gasteiger partial charge in [-0.2, -0.15) is 5.10 Å². The number of aryl methyl sites for hydroxylation is 2. The summed E-state index contributed by atoms with van der Waals surface area (Å²) < 4.78 is 14.3. The van der Waals surface area contributed by atoms with Crippen molar-refractivity contribution >= 4 is 27.8 Å². The normalized spacial score (nSPS) is 11.3. The largest absolute Gasteiger partial charge is 0.493 e. The molecule has 200 valence electrons. The summed E-state index contributed by atoms with van der Waals surface area (Å²) in [6.45, 7) is 4.05. The first-order valence-electron chi connectivity index (χ1n) is 12.7. The van der Waals surface area contributed by atoms with Gasteiger partial charge in [0.05, 0.1) is 36.2 Å². The molecule has 10 heteroatoms. The van der Waals surface area contributed by atoms with Gasteiger partial charge in [0.1, 0.15) is 30.2 Å². The molecule has 10 nitrogen and oxygen atoms in total. The molecular formula is C30H27N7O3. The summed E-state index contributed by atoms with van der Waals surface area (Å²) in [7, 11) is 3.16. The first-order valence-corrected chi connectivity index (χ1v) is 12.7. The monoisotopic (exact) mass is 533 g/mol. The Labute approximate surface area is 229 Å².